The first-order valence-electron chi connectivity index (χ1n) is 3.50. The summed E-state index contributed by atoms with van der Waals surface area (Å²) < 4.78 is 0. The van der Waals surface area contributed by atoms with Crippen molar-refractivity contribution in [3.05, 3.63) is 29.3 Å². The van der Waals surface area contributed by atoms with Gasteiger partial charge in [0.1, 0.15) is 11.8 Å². The number of aryl methyl sites for hydroxylation is 1. The number of aromatic nitrogens is 3. The van der Waals surface area contributed by atoms with Crippen LogP contribution >= 0.6 is 11.6 Å². The van der Waals surface area contributed by atoms with Crippen molar-refractivity contribution in [3.63, 3.8) is 0 Å². The van der Waals surface area contributed by atoms with Crippen molar-refractivity contribution in [2.75, 3.05) is 0 Å². The summed E-state index contributed by atoms with van der Waals surface area (Å²) in [5.74, 6) is 0. The Hall–Kier alpha value is -1.22. The Labute approximate surface area is 74.4 Å². The lowest BCUT2D eigenvalue weighted by Gasteiger charge is -1.97. The van der Waals surface area contributed by atoms with E-state index in [9.17, 15) is 0 Å². The molecule has 0 aromatic carbocycles. The molecule has 0 aliphatic rings. The lowest BCUT2D eigenvalue weighted by molar-refractivity contribution is 1.19. The van der Waals surface area contributed by atoms with Gasteiger partial charge in [-0.1, -0.05) is 11.6 Å². The Kier molecular flexibility index (Phi) is 1.66. The normalized spacial score (nSPS) is 10.5. The molecule has 0 fully saturated rings. The summed E-state index contributed by atoms with van der Waals surface area (Å²) in [4.78, 5) is 12.0. The van der Waals surface area contributed by atoms with Crippen LogP contribution in [0.5, 0.6) is 0 Å². The van der Waals surface area contributed by atoms with Crippen molar-refractivity contribution in [1.82, 2.24) is 15.0 Å². The fourth-order valence-corrected chi connectivity index (χ4v) is 1.20. The molecule has 0 spiro atoms. The maximum atomic E-state index is 5.80. The minimum atomic E-state index is 0.403. The SMILES string of the molecule is Cc1cnc2c(Cl)ncnc2c1. The molecule has 2 aromatic heterocycles. The van der Waals surface area contributed by atoms with Gasteiger partial charge in [0.25, 0.3) is 0 Å². The molecule has 3 nitrogen and oxygen atoms in total. The van der Waals surface area contributed by atoms with Gasteiger partial charge in [-0.2, -0.15) is 0 Å². The van der Waals surface area contributed by atoms with Gasteiger partial charge in [0.15, 0.2) is 5.15 Å². The largest absolute Gasteiger partial charge is 0.251 e. The van der Waals surface area contributed by atoms with Crippen molar-refractivity contribution in [2.24, 2.45) is 0 Å². The van der Waals surface area contributed by atoms with E-state index < -0.39 is 0 Å². The number of fused-ring (bicyclic) bond motifs is 1. The first-order valence-corrected chi connectivity index (χ1v) is 3.88. The van der Waals surface area contributed by atoms with Gasteiger partial charge in [-0.25, -0.2) is 9.97 Å². The summed E-state index contributed by atoms with van der Waals surface area (Å²) in [6, 6.07) is 1.93. The van der Waals surface area contributed by atoms with Gasteiger partial charge in [0.2, 0.25) is 0 Å². The molecule has 0 unspecified atom stereocenters. The monoisotopic (exact) mass is 179 g/mol. The van der Waals surface area contributed by atoms with Gasteiger partial charge >= 0.3 is 0 Å². The third kappa shape index (κ3) is 1.12. The van der Waals surface area contributed by atoms with Crippen LogP contribution in [-0.4, -0.2) is 15.0 Å². The van der Waals surface area contributed by atoms with Crippen LogP contribution in [0.2, 0.25) is 5.15 Å². The zero-order valence-electron chi connectivity index (χ0n) is 6.45. The molecule has 0 bridgehead atoms. The van der Waals surface area contributed by atoms with Crippen molar-refractivity contribution >= 4 is 22.6 Å². The van der Waals surface area contributed by atoms with Gasteiger partial charge in [0, 0.05) is 6.20 Å². The molecule has 0 saturated carbocycles. The Bertz CT molecular complexity index is 428. The van der Waals surface area contributed by atoms with Crippen LogP contribution in [0.25, 0.3) is 11.0 Å². The van der Waals surface area contributed by atoms with E-state index in [2.05, 4.69) is 15.0 Å². The number of hydrogen-bond acceptors (Lipinski definition) is 3. The molecule has 2 rings (SSSR count). The number of pyridine rings is 1. The fourth-order valence-electron chi connectivity index (χ4n) is 1.01. The minimum Gasteiger partial charge on any atom is -0.251 e. The summed E-state index contributed by atoms with van der Waals surface area (Å²) in [7, 11) is 0. The molecule has 0 aliphatic heterocycles. The van der Waals surface area contributed by atoms with Crippen LogP contribution in [-0.2, 0) is 0 Å². The molecule has 0 N–H and O–H groups in total. The molecular formula is C8H6ClN3. The van der Waals surface area contributed by atoms with E-state index >= 15 is 0 Å². The zero-order valence-corrected chi connectivity index (χ0v) is 7.21. The minimum absolute atomic E-state index is 0.403. The molecule has 2 aromatic rings. The molecule has 2 heterocycles. The second kappa shape index (κ2) is 2.68. The van der Waals surface area contributed by atoms with Crippen LogP contribution in [0.1, 0.15) is 5.56 Å². The Balaban J connectivity index is 2.86. The first kappa shape index (κ1) is 7.43. The van der Waals surface area contributed by atoms with E-state index in [1.807, 2.05) is 13.0 Å². The van der Waals surface area contributed by atoms with Crippen molar-refractivity contribution in [1.29, 1.82) is 0 Å². The van der Waals surface area contributed by atoms with Crippen LogP contribution in [0.15, 0.2) is 18.6 Å². The average molecular weight is 180 g/mol. The van der Waals surface area contributed by atoms with Crippen LogP contribution < -0.4 is 0 Å². The summed E-state index contributed by atoms with van der Waals surface area (Å²) in [5, 5.41) is 0.403. The van der Waals surface area contributed by atoms with Gasteiger partial charge in [0.05, 0.1) is 5.52 Å². The summed E-state index contributed by atoms with van der Waals surface area (Å²) in [6.07, 6.45) is 3.18. The molecular weight excluding hydrogens is 174 g/mol. The number of nitrogens with zero attached hydrogens (tertiary/aromatic N) is 3. The highest BCUT2D eigenvalue weighted by molar-refractivity contribution is 6.33. The van der Waals surface area contributed by atoms with E-state index in [1.54, 1.807) is 6.20 Å². The van der Waals surface area contributed by atoms with Crippen molar-refractivity contribution in [3.8, 4) is 0 Å². The Morgan fingerprint density at radius 1 is 1.25 bits per heavy atom. The van der Waals surface area contributed by atoms with Gasteiger partial charge in [-0.15, -0.1) is 0 Å². The van der Waals surface area contributed by atoms with Gasteiger partial charge in [-0.3, -0.25) is 4.98 Å². The topological polar surface area (TPSA) is 38.7 Å². The summed E-state index contributed by atoms with van der Waals surface area (Å²) in [6.45, 7) is 1.96. The number of hydrogen-bond donors (Lipinski definition) is 0. The van der Waals surface area contributed by atoms with Gasteiger partial charge in [-0.05, 0) is 18.6 Å². The van der Waals surface area contributed by atoms with Gasteiger partial charge < -0.3 is 0 Å². The summed E-state index contributed by atoms with van der Waals surface area (Å²) >= 11 is 5.80. The van der Waals surface area contributed by atoms with Crippen LogP contribution in [0.4, 0.5) is 0 Å². The predicted molar refractivity (Wildman–Crippen MR) is 47.1 cm³/mol. The standard InChI is InChI=1S/C8H6ClN3/c1-5-2-6-7(10-3-5)8(9)12-4-11-6/h2-4H,1H3. The second-order valence-corrected chi connectivity index (χ2v) is 2.90. The van der Waals surface area contributed by atoms with Crippen LogP contribution in [0.3, 0.4) is 0 Å². The Morgan fingerprint density at radius 3 is 2.92 bits per heavy atom. The molecule has 60 valence electrons. The molecule has 0 radical (unpaired) electrons. The zero-order chi connectivity index (χ0) is 8.55. The fraction of sp³-hybridized carbons (Fsp3) is 0.125. The molecule has 0 aliphatic carbocycles. The third-order valence-corrected chi connectivity index (χ3v) is 1.84. The van der Waals surface area contributed by atoms with E-state index in [0.717, 1.165) is 11.1 Å². The van der Waals surface area contributed by atoms with E-state index in [-0.39, 0.29) is 0 Å². The highest BCUT2D eigenvalue weighted by atomic mass is 35.5. The predicted octanol–water partition coefficient (Wildman–Crippen LogP) is 1.99. The smallest absolute Gasteiger partial charge is 0.158 e. The lowest BCUT2D eigenvalue weighted by Crippen LogP contribution is -1.87. The van der Waals surface area contributed by atoms with E-state index in [1.165, 1.54) is 6.33 Å². The second-order valence-electron chi connectivity index (χ2n) is 2.54. The number of rotatable bonds is 0. The van der Waals surface area contributed by atoms with E-state index in [4.69, 9.17) is 11.6 Å². The average Bonchev–Trinajstić information content (AvgIpc) is 2.04. The van der Waals surface area contributed by atoms with E-state index in [0.29, 0.717) is 10.7 Å². The Morgan fingerprint density at radius 2 is 2.08 bits per heavy atom. The maximum Gasteiger partial charge on any atom is 0.158 e. The third-order valence-electron chi connectivity index (χ3n) is 1.57. The molecule has 0 atom stereocenters. The highest BCUT2D eigenvalue weighted by Gasteiger charge is 2.00. The van der Waals surface area contributed by atoms with Crippen molar-refractivity contribution in [2.45, 2.75) is 6.92 Å². The highest BCUT2D eigenvalue weighted by Crippen LogP contribution is 2.16. The summed E-state index contributed by atoms with van der Waals surface area (Å²) in [5.41, 5.74) is 2.51. The molecule has 0 saturated heterocycles. The van der Waals surface area contributed by atoms with Crippen LogP contribution in [0, 0.1) is 6.92 Å². The molecule has 0 amide bonds. The quantitative estimate of drug-likeness (QED) is 0.581. The maximum absolute atomic E-state index is 5.80. The number of halogens is 1. The van der Waals surface area contributed by atoms with Crippen molar-refractivity contribution < 1.29 is 0 Å². The first-order chi connectivity index (χ1) is 5.77. The molecule has 12 heavy (non-hydrogen) atoms. The lowest BCUT2D eigenvalue weighted by atomic mass is 10.3. The molecule has 4 heteroatoms.